The molecular formula is C11H21N5. The van der Waals surface area contributed by atoms with E-state index < -0.39 is 0 Å². The minimum absolute atomic E-state index is 0.316. The maximum Gasteiger partial charge on any atom is 0.223 e. The number of unbranched alkanes of at least 4 members (excludes halogenated alkanes) is 1. The van der Waals surface area contributed by atoms with Gasteiger partial charge in [-0.15, -0.1) is 0 Å². The zero-order valence-electron chi connectivity index (χ0n) is 10.3. The molecule has 0 radical (unpaired) electrons. The van der Waals surface area contributed by atoms with Gasteiger partial charge in [-0.25, -0.2) is 0 Å². The minimum Gasteiger partial charge on any atom is -0.370 e. The molecule has 5 heteroatoms. The van der Waals surface area contributed by atoms with Crippen LogP contribution in [0.2, 0.25) is 0 Å². The summed E-state index contributed by atoms with van der Waals surface area (Å²) in [6, 6.07) is 1.93. The van der Waals surface area contributed by atoms with Crippen LogP contribution in [-0.4, -0.2) is 30.1 Å². The third-order valence-electron chi connectivity index (χ3n) is 2.33. The SMILES string of the molecule is CCCCN(C)c1cc(NCC)nc(N)n1. The first-order valence-corrected chi connectivity index (χ1v) is 5.77. The molecule has 1 rings (SSSR count). The molecule has 0 aromatic carbocycles. The molecule has 0 fully saturated rings. The molecule has 3 N–H and O–H groups in total. The molecule has 0 aliphatic carbocycles. The van der Waals surface area contributed by atoms with Crippen molar-refractivity contribution in [3.05, 3.63) is 6.07 Å². The first-order chi connectivity index (χ1) is 7.67. The first kappa shape index (κ1) is 12.5. The summed E-state index contributed by atoms with van der Waals surface area (Å²) in [7, 11) is 2.02. The average molecular weight is 223 g/mol. The normalized spacial score (nSPS) is 10.2. The second-order valence-corrected chi connectivity index (χ2v) is 3.78. The summed E-state index contributed by atoms with van der Waals surface area (Å²) >= 11 is 0. The van der Waals surface area contributed by atoms with Gasteiger partial charge in [0.2, 0.25) is 5.95 Å². The largest absolute Gasteiger partial charge is 0.370 e. The van der Waals surface area contributed by atoms with Crippen molar-refractivity contribution in [1.82, 2.24) is 9.97 Å². The van der Waals surface area contributed by atoms with Gasteiger partial charge in [0.1, 0.15) is 11.6 Å². The van der Waals surface area contributed by atoms with Gasteiger partial charge in [-0.2, -0.15) is 9.97 Å². The number of anilines is 3. The van der Waals surface area contributed by atoms with E-state index in [0.29, 0.717) is 5.95 Å². The Morgan fingerprint density at radius 2 is 2.12 bits per heavy atom. The fraction of sp³-hybridized carbons (Fsp3) is 0.636. The summed E-state index contributed by atoms with van der Waals surface area (Å²) in [4.78, 5) is 10.4. The van der Waals surface area contributed by atoms with E-state index in [4.69, 9.17) is 5.73 Å². The standard InChI is InChI=1S/C11H21N5/c1-4-6-7-16(3)10-8-9(13-5-2)14-11(12)15-10/h8H,4-7H2,1-3H3,(H3,12,13,14,15). The van der Waals surface area contributed by atoms with Gasteiger partial charge in [0.15, 0.2) is 0 Å². The van der Waals surface area contributed by atoms with Crippen LogP contribution in [0.3, 0.4) is 0 Å². The van der Waals surface area contributed by atoms with Crippen LogP contribution in [0.1, 0.15) is 26.7 Å². The molecule has 0 saturated heterocycles. The molecule has 0 spiro atoms. The lowest BCUT2D eigenvalue weighted by Gasteiger charge is -2.18. The number of nitrogens with one attached hydrogen (secondary N) is 1. The van der Waals surface area contributed by atoms with Gasteiger partial charge in [0.05, 0.1) is 0 Å². The Kier molecular flexibility index (Phi) is 4.82. The lowest BCUT2D eigenvalue weighted by molar-refractivity contribution is 0.759. The summed E-state index contributed by atoms with van der Waals surface area (Å²) in [5.41, 5.74) is 5.67. The Bertz CT molecular complexity index is 326. The number of nitrogen functional groups attached to an aromatic ring is 1. The van der Waals surface area contributed by atoms with Crippen LogP contribution >= 0.6 is 0 Å². The minimum atomic E-state index is 0.316. The molecule has 0 amide bonds. The van der Waals surface area contributed by atoms with Gasteiger partial charge in [-0.1, -0.05) is 13.3 Å². The monoisotopic (exact) mass is 223 g/mol. The summed E-state index contributed by atoms with van der Waals surface area (Å²) < 4.78 is 0. The van der Waals surface area contributed by atoms with E-state index in [-0.39, 0.29) is 0 Å². The van der Waals surface area contributed by atoms with Gasteiger partial charge in [0, 0.05) is 26.2 Å². The van der Waals surface area contributed by atoms with Crippen molar-refractivity contribution in [2.75, 3.05) is 36.1 Å². The Hall–Kier alpha value is -1.52. The van der Waals surface area contributed by atoms with Crippen LogP contribution in [0, 0.1) is 0 Å². The van der Waals surface area contributed by atoms with Crippen molar-refractivity contribution in [1.29, 1.82) is 0 Å². The third-order valence-corrected chi connectivity index (χ3v) is 2.33. The molecule has 90 valence electrons. The first-order valence-electron chi connectivity index (χ1n) is 5.77. The van der Waals surface area contributed by atoms with E-state index in [1.54, 1.807) is 0 Å². The molecule has 1 heterocycles. The second-order valence-electron chi connectivity index (χ2n) is 3.78. The fourth-order valence-electron chi connectivity index (χ4n) is 1.43. The summed E-state index contributed by atoms with van der Waals surface area (Å²) in [5, 5.41) is 3.14. The van der Waals surface area contributed by atoms with E-state index in [1.807, 2.05) is 20.0 Å². The molecule has 0 saturated carbocycles. The lowest BCUT2D eigenvalue weighted by Crippen LogP contribution is -2.20. The maximum absolute atomic E-state index is 5.67. The van der Waals surface area contributed by atoms with Gasteiger partial charge in [0.25, 0.3) is 0 Å². The smallest absolute Gasteiger partial charge is 0.223 e. The molecule has 1 aromatic heterocycles. The van der Waals surface area contributed by atoms with E-state index in [2.05, 4.69) is 27.1 Å². The number of aromatic nitrogens is 2. The van der Waals surface area contributed by atoms with E-state index >= 15 is 0 Å². The highest BCUT2D eigenvalue weighted by Crippen LogP contribution is 2.16. The Morgan fingerprint density at radius 1 is 1.38 bits per heavy atom. The highest BCUT2D eigenvalue weighted by atomic mass is 15.2. The zero-order chi connectivity index (χ0) is 12.0. The van der Waals surface area contributed by atoms with Crippen LogP contribution in [0.15, 0.2) is 6.07 Å². The van der Waals surface area contributed by atoms with Crippen LogP contribution < -0.4 is 16.0 Å². The van der Waals surface area contributed by atoms with Crippen molar-refractivity contribution in [2.24, 2.45) is 0 Å². The van der Waals surface area contributed by atoms with Crippen molar-refractivity contribution in [3.8, 4) is 0 Å². The highest BCUT2D eigenvalue weighted by molar-refractivity contribution is 5.52. The number of nitrogens with zero attached hydrogens (tertiary/aromatic N) is 3. The van der Waals surface area contributed by atoms with Gasteiger partial charge in [-0.3, -0.25) is 0 Å². The lowest BCUT2D eigenvalue weighted by atomic mass is 10.3. The summed E-state index contributed by atoms with van der Waals surface area (Å²) in [6.45, 7) is 6.01. The second kappa shape index (κ2) is 6.15. The highest BCUT2D eigenvalue weighted by Gasteiger charge is 2.05. The predicted molar refractivity (Wildman–Crippen MR) is 68.8 cm³/mol. The van der Waals surface area contributed by atoms with E-state index in [1.165, 1.54) is 6.42 Å². The van der Waals surface area contributed by atoms with E-state index in [9.17, 15) is 0 Å². The fourth-order valence-corrected chi connectivity index (χ4v) is 1.43. The number of hydrogen-bond donors (Lipinski definition) is 2. The molecule has 0 unspecified atom stereocenters. The average Bonchev–Trinajstić information content (AvgIpc) is 2.25. The van der Waals surface area contributed by atoms with Gasteiger partial charge in [-0.05, 0) is 13.3 Å². The van der Waals surface area contributed by atoms with Crippen molar-refractivity contribution in [3.63, 3.8) is 0 Å². The molecule has 1 aromatic rings. The maximum atomic E-state index is 5.67. The molecule has 0 bridgehead atoms. The Balaban J connectivity index is 2.78. The van der Waals surface area contributed by atoms with Crippen molar-refractivity contribution >= 4 is 17.6 Å². The van der Waals surface area contributed by atoms with Gasteiger partial charge >= 0.3 is 0 Å². The molecule has 0 atom stereocenters. The van der Waals surface area contributed by atoms with Crippen LogP contribution in [0.25, 0.3) is 0 Å². The molecule has 5 nitrogen and oxygen atoms in total. The van der Waals surface area contributed by atoms with Crippen LogP contribution in [-0.2, 0) is 0 Å². The topological polar surface area (TPSA) is 67.1 Å². The quantitative estimate of drug-likeness (QED) is 0.768. The third kappa shape index (κ3) is 3.56. The van der Waals surface area contributed by atoms with Crippen molar-refractivity contribution < 1.29 is 0 Å². The summed E-state index contributed by atoms with van der Waals surface area (Å²) in [5.74, 6) is 1.97. The summed E-state index contributed by atoms with van der Waals surface area (Å²) in [6.07, 6.45) is 2.32. The number of rotatable bonds is 6. The molecule has 0 aliphatic heterocycles. The number of hydrogen-bond acceptors (Lipinski definition) is 5. The number of nitrogens with two attached hydrogens (primary N) is 1. The Morgan fingerprint density at radius 3 is 2.75 bits per heavy atom. The van der Waals surface area contributed by atoms with Crippen LogP contribution in [0.4, 0.5) is 17.6 Å². The molecule has 0 aliphatic rings. The molecular weight excluding hydrogens is 202 g/mol. The van der Waals surface area contributed by atoms with Crippen molar-refractivity contribution in [2.45, 2.75) is 26.7 Å². The zero-order valence-corrected chi connectivity index (χ0v) is 10.3. The van der Waals surface area contributed by atoms with E-state index in [0.717, 1.165) is 31.1 Å². The Labute approximate surface area is 97.1 Å². The van der Waals surface area contributed by atoms with Crippen LogP contribution in [0.5, 0.6) is 0 Å². The predicted octanol–water partition coefficient (Wildman–Crippen LogP) is 1.73. The van der Waals surface area contributed by atoms with Gasteiger partial charge < -0.3 is 16.0 Å². The molecule has 16 heavy (non-hydrogen) atoms.